The molecule has 0 aliphatic heterocycles. The minimum Gasteiger partial charge on any atom is -0.550 e. The van der Waals surface area contributed by atoms with E-state index in [1.54, 1.807) is 48.5 Å². The molecule has 0 aliphatic rings. The van der Waals surface area contributed by atoms with E-state index >= 15 is 0 Å². The zero-order valence-electron chi connectivity index (χ0n) is 26.6. The third kappa shape index (κ3) is 27.7. The van der Waals surface area contributed by atoms with Gasteiger partial charge in [0.15, 0.2) is 0 Å². The summed E-state index contributed by atoms with van der Waals surface area (Å²) < 4.78 is 20.4. The van der Waals surface area contributed by atoms with Gasteiger partial charge in [-0.2, -0.15) is 0 Å². The number of rotatable bonds is 16. The van der Waals surface area contributed by atoms with Crippen molar-refractivity contribution < 1.29 is 58.6 Å². The molecule has 0 amide bonds. The van der Waals surface area contributed by atoms with E-state index in [-0.39, 0.29) is 79.4 Å². The normalized spacial score (nSPS) is 9.14. The molecule has 0 bridgehead atoms. The van der Waals surface area contributed by atoms with Crippen LogP contribution in [0.5, 0.6) is 23.0 Å². The molecule has 4 rings (SSSR count). The standard InChI is InChI=1S/4C9H10O3.Pb/c4*10-9(11)6-7-12-8-4-2-1-3-5-8;/h4*1-5H,6-7H2,(H,10,11);/q;;;;+4/p-4. The molecule has 0 radical (unpaired) electrons. The van der Waals surface area contributed by atoms with Gasteiger partial charge in [0.25, 0.3) is 0 Å². The monoisotopic (exact) mass is 868 g/mol. The number of para-hydroxylation sites is 4. The minimum absolute atomic E-state index is 0. The molecule has 0 heterocycles. The third-order valence-corrected chi connectivity index (χ3v) is 5.27. The van der Waals surface area contributed by atoms with Gasteiger partial charge in [-0.05, 0) is 48.5 Å². The molecule has 0 unspecified atom stereocenters. The van der Waals surface area contributed by atoms with Gasteiger partial charge in [0.05, 0.1) is 26.4 Å². The summed E-state index contributed by atoms with van der Waals surface area (Å²) in [7, 11) is 0. The average molecular weight is 868 g/mol. The van der Waals surface area contributed by atoms with E-state index in [1.165, 1.54) is 0 Å². The van der Waals surface area contributed by atoms with Crippen molar-refractivity contribution in [3.8, 4) is 23.0 Å². The Morgan fingerprint density at radius 2 is 0.510 bits per heavy atom. The predicted octanol–water partition coefficient (Wildman–Crippen LogP) is 0.441. The Morgan fingerprint density at radius 1 is 0.347 bits per heavy atom. The van der Waals surface area contributed by atoms with E-state index in [2.05, 4.69) is 0 Å². The molecule has 0 fully saturated rings. The molecule has 0 atom stereocenters. The number of carboxylic acid groups (broad SMARTS) is 4. The van der Waals surface area contributed by atoms with Gasteiger partial charge in [0.1, 0.15) is 23.0 Å². The van der Waals surface area contributed by atoms with Gasteiger partial charge in [-0.3, -0.25) is 0 Å². The molecular formula is C36H36O12Pb. The summed E-state index contributed by atoms with van der Waals surface area (Å²) in [5.74, 6) is -1.65. The summed E-state index contributed by atoms with van der Waals surface area (Å²) in [6.07, 6.45) is -0.298. The van der Waals surface area contributed by atoms with E-state index in [1.807, 2.05) is 72.8 Å². The smallest absolute Gasteiger partial charge is 0.550 e. The Labute approximate surface area is 305 Å². The van der Waals surface area contributed by atoms with Crippen LogP contribution in [0.1, 0.15) is 25.7 Å². The molecule has 49 heavy (non-hydrogen) atoms. The number of carbonyl (C=O) groups excluding carboxylic acids is 4. The Kier molecular flexibility index (Phi) is 26.0. The topological polar surface area (TPSA) is 197 Å². The molecule has 0 N–H and O–H groups in total. The van der Waals surface area contributed by atoms with Crippen molar-refractivity contribution in [2.45, 2.75) is 25.7 Å². The molecule has 4 aromatic rings. The number of hydrogen-bond donors (Lipinski definition) is 0. The van der Waals surface area contributed by atoms with Crippen molar-refractivity contribution >= 4 is 51.2 Å². The van der Waals surface area contributed by atoms with Crippen LogP contribution in [0.15, 0.2) is 121 Å². The van der Waals surface area contributed by atoms with Crippen LogP contribution in [0.4, 0.5) is 0 Å². The second-order valence-electron chi connectivity index (χ2n) is 9.13. The largest absolute Gasteiger partial charge is 4.00 e. The Balaban J connectivity index is 0.000000623. The van der Waals surface area contributed by atoms with Crippen molar-refractivity contribution in [1.29, 1.82) is 0 Å². The quantitative estimate of drug-likeness (QED) is 0.141. The fourth-order valence-electron chi connectivity index (χ4n) is 3.08. The van der Waals surface area contributed by atoms with Crippen LogP contribution < -0.4 is 39.4 Å². The first-order valence-electron chi connectivity index (χ1n) is 14.7. The van der Waals surface area contributed by atoms with E-state index in [0.717, 1.165) is 0 Å². The maximum atomic E-state index is 10.00. The SMILES string of the molecule is O=C([O-])CCOc1ccccc1.O=C([O-])CCOc1ccccc1.O=C([O-])CCOc1ccccc1.O=C([O-])CCOc1ccccc1.[Pb+4]. The van der Waals surface area contributed by atoms with Crippen LogP contribution >= 0.6 is 0 Å². The van der Waals surface area contributed by atoms with Gasteiger partial charge in [-0.1, -0.05) is 72.8 Å². The predicted molar refractivity (Wildman–Crippen MR) is 172 cm³/mol. The van der Waals surface area contributed by atoms with E-state index in [4.69, 9.17) is 18.9 Å². The molecule has 0 spiro atoms. The molecule has 0 saturated heterocycles. The maximum Gasteiger partial charge on any atom is 4.00 e. The van der Waals surface area contributed by atoms with Crippen LogP contribution in [0.2, 0.25) is 0 Å². The van der Waals surface area contributed by atoms with Crippen LogP contribution in [-0.4, -0.2) is 77.6 Å². The molecule has 256 valence electrons. The first kappa shape index (κ1) is 43.9. The zero-order valence-corrected chi connectivity index (χ0v) is 30.5. The van der Waals surface area contributed by atoms with E-state index < -0.39 is 23.9 Å². The van der Waals surface area contributed by atoms with Gasteiger partial charge >= 0.3 is 27.3 Å². The van der Waals surface area contributed by atoms with Gasteiger partial charge < -0.3 is 58.6 Å². The molecule has 0 saturated carbocycles. The Hall–Kier alpha value is -5.12. The molecule has 0 aliphatic carbocycles. The van der Waals surface area contributed by atoms with Gasteiger partial charge in [0, 0.05) is 49.6 Å². The summed E-state index contributed by atoms with van der Waals surface area (Å²) in [6.45, 7) is 0.636. The van der Waals surface area contributed by atoms with Crippen molar-refractivity contribution in [2.75, 3.05) is 26.4 Å². The van der Waals surface area contributed by atoms with Crippen LogP contribution in [-0.2, 0) is 19.2 Å². The summed E-state index contributed by atoms with van der Waals surface area (Å²) in [4.78, 5) is 40.0. The molecular weight excluding hydrogens is 832 g/mol. The number of aliphatic carboxylic acids is 4. The molecule has 4 aromatic carbocycles. The number of carboxylic acids is 4. The number of benzene rings is 4. The van der Waals surface area contributed by atoms with Gasteiger partial charge in [-0.15, -0.1) is 0 Å². The van der Waals surface area contributed by atoms with Crippen LogP contribution in [0, 0.1) is 0 Å². The second-order valence-corrected chi connectivity index (χ2v) is 9.13. The Bertz CT molecular complexity index is 1200. The molecule has 0 aromatic heterocycles. The molecule has 13 heteroatoms. The second kappa shape index (κ2) is 29.1. The zero-order chi connectivity index (χ0) is 35.2. The number of hydrogen-bond acceptors (Lipinski definition) is 12. The van der Waals surface area contributed by atoms with Crippen molar-refractivity contribution in [2.24, 2.45) is 0 Å². The minimum atomic E-state index is -1.09. The van der Waals surface area contributed by atoms with Gasteiger partial charge in [-0.25, -0.2) is 0 Å². The number of carbonyl (C=O) groups is 4. The van der Waals surface area contributed by atoms with Crippen LogP contribution in [0.25, 0.3) is 0 Å². The van der Waals surface area contributed by atoms with E-state index in [0.29, 0.717) is 23.0 Å². The summed E-state index contributed by atoms with van der Waals surface area (Å²) in [5, 5.41) is 40.0. The summed E-state index contributed by atoms with van der Waals surface area (Å²) in [5.41, 5.74) is 0. The average Bonchev–Trinajstić information content (AvgIpc) is 3.07. The first-order valence-corrected chi connectivity index (χ1v) is 14.7. The summed E-state index contributed by atoms with van der Waals surface area (Å²) >= 11 is 0. The Morgan fingerprint density at radius 3 is 0.653 bits per heavy atom. The van der Waals surface area contributed by atoms with E-state index in [9.17, 15) is 39.6 Å². The summed E-state index contributed by atoms with van der Waals surface area (Å²) in [6, 6.07) is 36.3. The maximum absolute atomic E-state index is 10.00. The molecule has 12 nitrogen and oxygen atoms in total. The van der Waals surface area contributed by atoms with Crippen molar-refractivity contribution in [3.63, 3.8) is 0 Å². The number of ether oxygens (including phenoxy) is 4. The third-order valence-electron chi connectivity index (χ3n) is 5.27. The fourth-order valence-corrected chi connectivity index (χ4v) is 3.08. The van der Waals surface area contributed by atoms with Crippen molar-refractivity contribution in [3.05, 3.63) is 121 Å². The first-order chi connectivity index (χ1) is 23.2. The van der Waals surface area contributed by atoms with Crippen LogP contribution in [0.3, 0.4) is 0 Å². The van der Waals surface area contributed by atoms with Gasteiger partial charge in [0.2, 0.25) is 0 Å². The fraction of sp³-hybridized carbons (Fsp3) is 0.222. The van der Waals surface area contributed by atoms with Crippen molar-refractivity contribution in [1.82, 2.24) is 0 Å².